The van der Waals surface area contributed by atoms with Gasteiger partial charge >= 0.3 is 0 Å². The average molecular weight is 302 g/mol. The van der Waals surface area contributed by atoms with Gasteiger partial charge < -0.3 is 15.4 Å². The van der Waals surface area contributed by atoms with Crippen LogP contribution in [0, 0.1) is 12.3 Å². The summed E-state index contributed by atoms with van der Waals surface area (Å²) >= 11 is 0. The number of carbonyl (C=O) groups excluding carboxylic acids is 1. The monoisotopic (exact) mass is 302 g/mol. The highest BCUT2D eigenvalue weighted by Crippen LogP contribution is 2.21. The molecule has 0 radical (unpaired) electrons. The van der Waals surface area contributed by atoms with Crippen LogP contribution in [0.3, 0.4) is 0 Å². The fourth-order valence-electron chi connectivity index (χ4n) is 2.56. The lowest BCUT2D eigenvalue weighted by molar-refractivity contribution is -0.120. The van der Waals surface area contributed by atoms with Crippen LogP contribution in [-0.4, -0.2) is 29.1 Å². The second-order valence-corrected chi connectivity index (χ2v) is 6.82. The predicted octanol–water partition coefficient (Wildman–Crippen LogP) is 2.93. The van der Waals surface area contributed by atoms with Crippen molar-refractivity contribution in [3.05, 3.63) is 35.5 Å². The Balaban J connectivity index is 1.84. The van der Waals surface area contributed by atoms with E-state index in [0.29, 0.717) is 13.0 Å². The van der Waals surface area contributed by atoms with Gasteiger partial charge in [-0.25, -0.2) is 0 Å². The normalized spacial score (nSPS) is 11.8. The van der Waals surface area contributed by atoms with Crippen LogP contribution in [0.2, 0.25) is 0 Å². The van der Waals surface area contributed by atoms with Gasteiger partial charge in [-0.2, -0.15) is 0 Å². The van der Waals surface area contributed by atoms with E-state index in [2.05, 4.69) is 35.4 Å². The fraction of sp³-hybridized carbons (Fsp3) is 0.500. The molecule has 0 spiro atoms. The lowest BCUT2D eigenvalue weighted by Crippen LogP contribution is -2.27. The van der Waals surface area contributed by atoms with Gasteiger partial charge in [-0.3, -0.25) is 4.79 Å². The molecule has 4 nitrogen and oxygen atoms in total. The number of rotatable bonds is 7. The van der Waals surface area contributed by atoms with Crippen molar-refractivity contribution in [3.63, 3.8) is 0 Å². The molecule has 22 heavy (non-hydrogen) atoms. The number of amides is 1. The highest BCUT2D eigenvalue weighted by atomic mass is 16.3. The van der Waals surface area contributed by atoms with E-state index in [1.54, 1.807) is 0 Å². The van der Waals surface area contributed by atoms with Crippen LogP contribution in [0.25, 0.3) is 10.9 Å². The zero-order valence-corrected chi connectivity index (χ0v) is 13.7. The van der Waals surface area contributed by atoms with Crippen molar-refractivity contribution in [1.29, 1.82) is 0 Å². The van der Waals surface area contributed by atoms with Crippen LogP contribution < -0.4 is 5.32 Å². The lowest BCUT2D eigenvalue weighted by Gasteiger charge is -2.21. The molecular weight excluding hydrogens is 276 g/mol. The molecular formula is C18H26N2O2. The van der Waals surface area contributed by atoms with Gasteiger partial charge in [0.05, 0.1) is 6.42 Å². The van der Waals surface area contributed by atoms with Crippen LogP contribution in [0.15, 0.2) is 24.4 Å². The number of aryl methyl sites for hydroxylation is 1. The molecule has 0 aliphatic carbocycles. The molecule has 0 atom stereocenters. The first-order chi connectivity index (χ1) is 10.4. The van der Waals surface area contributed by atoms with E-state index < -0.39 is 0 Å². The molecule has 0 aliphatic heterocycles. The molecule has 0 unspecified atom stereocenters. The number of aromatic amines is 1. The zero-order chi connectivity index (χ0) is 16.2. The number of carbonyl (C=O) groups is 1. The second-order valence-electron chi connectivity index (χ2n) is 6.82. The highest BCUT2D eigenvalue weighted by Gasteiger charge is 2.15. The Morgan fingerprint density at radius 1 is 1.36 bits per heavy atom. The Hall–Kier alpha value is -1.81. The van der Waals surface area contributed by atoms with E-state index in [1.807, 2.05) is 20.0 Å². The molecule has 0 bridgehead atoms. The minimum absolute atomic E-state index is 0.0447. The highest BCUT2D eigenvalue weighted by molar-refractivity contribution is 5.89. The third-order valence-electron chi connectivity index (χ3n) is 4.05. The summed E-state index contributed by atoms with van der Waals surface area (Å²) in [5, 5.41) is 13.3. The van der Waals surface area contributed by atoms with E-state index in [4.69, 9.17) is 0 Å². The summed E-state index contributed by atoms with van der Waals surface area (Å²) in [4.78, 5) is 15.3. The van der Waals surface area contributed by atoms with E-state index in [-0.39, 0.29) is 17.9 Å². The van der Waals surface area contributed by atoms with Crippen molar-refractivity contribution in [2.75, 3.05) is 13.2 Å². The summed E-state index contributed by atoms with van der Waals surface area (Å²) in [7, 11) is 0. The Morgan fingerprint density at radius 2 is 2.14 bits per heavy atom. The molecule has 1 aromatic carbocycles. The third-order valence-corrected chi connectivity index (χ3v) is 4.05. The SMILES string of the molecule is Cc1ccc2c(CC(=O)NCCCC(C)(C)CO)c[nH]c2c1. The minimum Gasteiger partial charge on any atom is -0.396 e. The molecule has 0 fully saturated rings. The Kier molecular flexibility index (Phi) is 5.24. The van der Waals surface area contributed by atoms with Crippen molar-refractivity contribution in [2.45, 2.75) is 40.0 Å². The summed E-state index contributed by atoms with van der Waals surface area (Å²) in [5.74, 6) is 0.0447. The zero-order valence-electron chi connectivity index (χ0n) is 13.7. The van der Waals surface area contributed by atoms with Crippen LogP contribution >= 0.6 is 0 Å². The van der Waals surface area contributed by atoms with E-state index in [0.717, 1.165) is 29.3 Å². The van der Waals surface area contributed by atoms with Gasteiger partial charge in [0, 0.05) is 30.3 Å². The Labute approximate surface area is 131 Å². The molecule has 1 aromatic heterocycles. The van der Waals surface area contributed by atoms with Gasteiger partial charge in [-0.1, -0.05) is 26.0 Å². The summed E-state index contributed by atoms with van der Waals surface area (Å²) in [5.41, 5.74) is 3.24. The molecule has 3 N–H and O–H groups in total. The topological polar surface area (TPSA) is 65.1 Å². The number of benzene rings is 1. The van der Waals surface area contributed by atoms with Gasteiger partial charge in [0.2, 0.25) is 5.91 Å². The summed E-state index contributed by atoms with van der Waals surface area (Å²) in [6.45, 7) is 6.95. The Bertz CT molecular complexity index is 644. The lowest BCUT2D eigenvalue weighted by atomic mass is 9.89. The maximum Gasteiger partial charge on any atom is 0.224 e. The number of H-pyrrole nitrogens is 1. The van der Waals surface area contributed by atoms with Gasteiger partial charge in [0.1, 0.15) is 0 Å². The quantitative estimate of drug-likeness (QED) is 0.689. The first kappa shape index (κ1) is 16.6. The van der Waals surface area contributed by atoms with Gasteiger partial charge in [0.15, 0.2) is 0 Å². The van der Waals surface area contributed by atoms with Crippen molar-refractivity contribution in [3.8, 4) is 0 Å². The molecule has 0 saturated carbocycles. The number of hydrogen-bond donors (Lipinski definition) is 3. The largest absolute Gasteiger partial charge is 0.396 e. The van der Waals surface area contributed by atoms with Gasteiger partial charge in [0.25, 0.3) is 0 Å². The van der Waals surface area contributed by atoms with E-state index in [1.165, 1.54) is 5.56 Å². The van der Waals surface area contributed by atoms with Crippen LogP contribution in [-0.2, 0) is 11.2 Å². The number of nitrogens with one attached hydrogen (secondary N) is 2. The Morgan fingerprint density at radius 3 is 2.86 bits per heavy atom. The molecule has 0 aliphatic rings. The molecule has 1 amide bonds. The van der Waals surface area contributed by atoms with Gasteiger partial charge in [-0.05, 0) is 42.4 Å². The number of aromatic nitrogens is 1. The molecule has 2 aromatic rings. The van der Waals surface area contributed by atoms with Crippen LogP contribution in [0.5, 0.6) is 0 Å². The molecule has 120 valence electrons. The summed E-state index contributed by atoms with van der Waals surface area (Å²) in [6, 6.07) is 6.22. The first-order valence-electron chi connectivity index (χ1n) is 7.85. The van der Waals surface area contributed by atoms with Crippen molar-refractivity contribution in [1.82, 2.24) is 10.3 Å². The fourth-order valence-corrected chi connectivity index (χ4v) is 2.56. The summed E-state index contributed by atoms with van der Waals surface area (Å²) < 4.78 is 0. The van der Waals surface area contributed by atoms with Crippen molar-refractivity contribution < 1.29 is 9.90 Å². The second kappa shape index (κ2) is 6.97. The van der Waals surface area contributed by atoms with Crippen molar-refractivity contribution >= 4 is 16.8 Å². The average Bonchev–Trinajstić information content (AvgIpc) is 2.86. The minimum atomic E-state index is -0.0700. The molecule has 4 heteroatoms. The van der Waals surface area contributed by atoms with Crippen LogP contribution in [0.4, 0.5) is 0 Å². The first-order valence-corrected chi connectivity index (χ1v) is 7.85. The number of aliphatic hydroxyl groups is 1. The van der Waals surface area contributed by atoms with Crippen LogP contribution in [0.1, 0.15) is 37.8 Å². The van der Waals surface area contributed by atoms with Crippen molar-refractivity contribution in [2.24, 2.45) is 5.41 Å². The van der Waals surface area contributed by atoms with E-state index in [9.17, 15) is 9.90 Å². The molecule has 1 heterocycles. The number of fused-ring (bicyclic) bond motifs is 1. The maximum absolute atomic E-state index is 12.0. The number of aliphatic hydroxyl groups excluding tert-OH is 1. The predicted molar refractivity (Wildman–Crippen MR) is 89.9 cm³/mol. The third kappa shape index (κ3) is 4.34. The standard InChI is InChI=1S/C18H26N2O2/c1-13-5-6-15-14(11-20-16(15)9-13)10-17(22)19-8-4-7-18(2,3)12-21/h5-6,9,11,20-21H,4,7-8,10,12H2,1-3H3,(H,19,22). The number of hydrogen-bond acceptors (Lipinski definition) is 2. The summed E-state index contributed by atoms with van der Waals surface area (Å²) in [6.07, 6.45) is 4.09. The maximum atomic E-state index is 12.0. The van der Waals surface area contributed by atoms with Gasteiger partial charge in [-0.15, -0.1) is 0 Å². The molecule has 2 rings (SSSR count). The molecule has 0 saturated heterocycles. The van der Waals surface area contributed by atoms with E-state index >= 15 is 0 Å². The smallest absolute Gasteiger partial charge is 0.224 e.